The van der Waals surface area contributed by atoms with Crippen molar-refractivity contribution in [2.45, 2.75) is 13.0 Å². The maximum absolute atomic E-state index is 11.7. The normalized spacial score (nSPS) is 10.8. The highest BCUT2D eigenvalue weighted by Crippen LogP contribution is 2.25. The molecule has 2 heteroatoms. The molecule has 19 heavy (non-hydrogen) atoms. The van der Waals surface area contributed by atoms with Crippen LogP contribution in [0.3, 0.4) is 0 Å². The minimum Gasteiger partial charge on any atom is -0.449 e. The summed E-state index contributed by atoms with van der Waals surface area (Å²) in [7, 11) is 0. The summed E-state index contributed by atoms with van der Waals surface area (Å²) in [6.45, 7) is 1.79. The van der Waals surface area contributed by atoms with E-state index >= 15 is 0 Å². The Labute approximate surface area is 113 Å². The van der Waals surface area contributed by atoms with Gasteiger partial charge in [0.15, 0.2) is 6.10 Å². The fraction of sp³-hybridized carbons (Fsp3) is 0.118. The number of ether oxygens (including phenoxy) is 1. The average Bonchev–Trinajstić information content (AvgIpc) is 2.47. The molecular weight excluding hydrogens is 236 g/mol. The molecule has 0 bridgehead atoms. The first kappa shape index (κ1) is 13.1. The molecule has 2 aromatic carbocycles. The van der Waals surface area contributed by atoms with Crippen LogP contribution >= 0.6 is 0 Å². The van der Waals surface area contributed by atoms with Gasteiger partial charge in [0.2, 0.25) is 0 Å². The van der Waals surface area contributed by atoms with Crippen LogP contribution < -0.4 is 0 Å². The zero-order valence-corrected chi connectivity index (χ0v) is 10.8. The van der Waals surface area contributed by atoms with Gasteiger partial charge in [-0.05, 0) is 18.1 Å². The van der Waals surface area contributed by atoms with Gasteiger partial charge in [0.05, 0.1) is 0 Å². The van der Waals surface area contributed by atoms with Crippen LogP contribution in [-0.2, 0) is 9.53 Å². The lowest BCUT2D eigenvalue weighted by Crippen LogP contribution is -2.10. The lowest BCUT2D eigenvalue weighted by atomic mass is 10.0. The smallest absolute Gasteiger partial charge is 0.331 e. The maximum Gasteiger partial charge on any atom is 0.331 e. The minimum atomic E-state index is -0.369. The van der Waals surface area contributed by atoms with E-state index in [0.29, 0.717) is 0 Å². The van der Waals surface area contributed by atoms with Gasteiger partial charge in [-0.1, -0.05) is 66.7 Å². The number of hydrogen-bond donors (Lipinski definition) is 0. The molecule has 0 radical (unpaired) electrons. The van der Waals surface area contributed by atoms with Crippen molar-refractivity contribution in [3.05, 3.63) is 83.9 Å². The molecular formula is C17H16O2. The Kier molecular flexibility index (Phi) is 4.51. The zero-order chi connectivity index (χ0) is 13.5. The Morgan fingerprint density at radius 2 is 1.42 bits per heavy atom. The fourth-order valence-corrected chi connectivity index (χ4v) is 1.88. The summed E-state index contributed by atoms with van der Waals surface area (Å²) in [5.41, 5.74) is 1.93. The molecule has 96 valence electrons. The summed E-state index contributed by atoms with van der Waals surface area (Å²) >= 11 is 0. The SMILES string of the molecule is C/C=C\C(=O)OC(c1ccccc1)c1ccccc1. The second kappa shape index (κ2) is 6.55. The van der Waals surface area contributed by atoms with Crippen LogP contribution in [0.2, 0.25) is 0 Å². The molecule has 0 saturated heterocycles. The maximum atomic E-state index is 11.7. The molecule has 0 aliphatic heterocycles. The van der Waals surface area contributed by atoms with Gasteiger partial charge in [0.1, 0.15) is 0 Å². The van der Waals surface area contributed by atoms with E-state index in [4.69, 9.17) is 4.74 Å². The largest absolute Gasteiger partial charge is 0.449 e. The summed E-state index contributed by atoms with van der Waals surface area (Å²) in [5.74, 6) is -0.333. The number of allylic oxidation sites excluding steroid dienone is 1. The van der Waals surface area contributed by atoms with Crippen molar-refractivity contribution in [3.8, 4) is 0 Å². The Bertz CT molecular complexity index is 504. The summed E-state index contributed by atoms with van der Waals surface area (Å²) in [5, 5.41) is 0. The summed E-state index contributed by atoms with van der Waals surface area (Å²) in [6, 6.07) is 19.5. The number of benzene rings is 2. The predicted molar refractivity (Wildman–Crippen MR) is 75.6 cm³/mol. The predicted octanol–water partition coefficient (Wildman–Crippen LogP) is 3.90. The van der Waals surface area contributed by atoms with Crippen LogP contribution in [0.5, 0.6) is 0 Å². The van der Waals surface area contributed by atoms with Crippen LogP contribution in [-0.4, -0.2) is 5.97 Å². The van der Waals surface area contributed by atoms with Crippen LogP contribution in [0.15, 0.2) is 72.8 Å². The van der Waals surface area contributed by atoms with E-state index in [1.54, 1.807) is 13.0 Å². The molecule has 0 atom stereocenters. The first-order chi connectivity index (χ1) is 9.31. The lowest BCUT2D eigenvalue weighted by molar-refractivity contribution is -0.141. The third-order valence-corrected chi connectivity index (χ3v) is 2.74. The lowest BCUT2D eigenvalue weighted by Gasteiger charge is -2.17. The minimum absolute atomic E-state index is 0.333. The van der Waals surface area contributed by atoms with Crippen molar-refractivity contribution in [2.24, 2.45) is 0 Å². The number of rotatable bonds is 4. The molecule has 2 nitrogen and oxygen atoms in total. The van der Waals surface area contributed by atoms with Crippen molar-refractivity contribution >= 4 is 5.97 Å². The van der Waals surface area contributed by atoms with Gasteiger partial charge < -0.3 is 4.74 Å². The highest BCUT2D eigenvalue weighted by atomic mass is 16.5. The van der Waals surface area contributed by atoms with Crippen molar-refractivity contribution < 1.29 is 9.53 Å². The molecule has 0 spiro atoms. The monoisotopic (exact) mass is 252 g/mol. The second-order valence-electron chi connectivity index (χ2n) is 4.14. The quantitative estimate of drug-likeness (QED) is 0.609. The van der Waals surface area contributed by atoms with Crippen molar-refractivity contribution in [1.82, 2.24) is 0 Å². The van der Waals surface area contributed by atoms with E-state index in [1.807, 2.05) is 60.7 Å². The van der Waals surface area contributed by atoms with Crippen molar-refractivity contribution in [2.75, 3.05) is 0 Å². The van der Waals surface area contributed by atoms with E-state index in [-0.39, 0.29) is 12.1 Å². The van der Waals surface area contributed by atoms with E-state index in [0.717, 1.165) is 11.1 Å². The Morgan fingerprint density at radius 1 is 0.947 bits per heavy atom. The number of hydrogen-bond acceptors (Lipinski definition) is 2. The topological polar surface area (TPSA) is 26.3 Å². The molecule has 0 heterocycles. The highest BCUT2D eigenvalue weighted by Gasteiger charge is 2.17. The first-order valence-electron chi connectivity index (χ1n) is 6.24. The highest BCUT2D eigenvalue weighted by molar-refractivity contribution is 5.82. The average molecular weight is 252 g/mol. The zero-order valence-electron chi connectivity index (χ0n) is 10.8. The summed E-state index contributed by atoms with van der Waals surface area (Å²) in [6.07, 6.45) is 2.74. The molecule has 0 amide bonds. The van der Waals surface area contributed by atoms with E-state index in [9.17, 15) is 4.79 Å². The standard InChI is InChI=1S/C17H16O2/c1-2-9-16(18)19-17(14-10-5-3-6-11-14)15-12-7-4-8-13-15/h2-13,17H,1H3/b9-2-. The van der Waals surface area contributed by atoms with Gasteiger partial charge in [-0.25, -0.2) is 4.79 Å². The number of esters is 1. The van der Waals surface area contributed by atoms with Gasteiger partial charge >= 0.3 is 5.97 Å². The first-order valence-corrected chi connectivity index (χ1v) is 6.24. The molecule has 0 unspecified atom stereocenters. The van der Waals surface area contributed by atoms with Gasteiger partial charge in [-0.15, -0.1) is 0 Å². The third kappa shape index (κ3) is 3.55. The van der Waals surface area contributed by atoms with Crippen LogP contribution in [0.25, 0.3) is 0 Å². The molecule has 0 aliphatic carbocycles. The van der Waals surface area contributed by atoms with Gasteiger partial charge in [0, 0.05) is 6.08 Å². The van der Waals surface area contributed by atoms with Gasteiger partial charge in [-0.3, -0.25) is 0 Å². The fourth-order valence-electron chi connectivity index (χ4n) is 1.88. The molecule has 2 aromatic rings. The van der Waals surface area contributed by atoms with E-state index in [1.165, 1.54) is 6.08 Å². The Morgan fingerprint density at radius 3 is 1.84 bits per heavy atom. The van der Waals surface area contributed by atoms with Gasteiger partial charge in [0.25, 0.3) is 0 Å². The third-order valence-electron chi connectivity index (χ3n) is 2.74. The van der Waals surface area contributed by atoms with Crippen LogP contribution in [0.4, 0.5) is 0 Å². The molecule has 0 aromatic heterocycles. The Balaban J connectivity index is 2.32. The Hall–Kier alpha value is -2.35. The van der Waals surface area contributed by atoms with Crippen molar-refractivity contribution in [3.63, 3.8) is 0 Å². The van der Waals surface area contributed by atoms with Gasteiger partial charge in [-0.2, -0.15) is 0 Å². The summed E-state index contributed by atoms with van der Waals surface area (Å²) < 4.78 is 5.54. The molecule has 2 rings (SSSR count). The number of carbonyl (C=O) groups is 1. The molecule has 0 N–H and O–H groups in total. The van der Waals surface area contributed by atoms with Crippen molar-refractivity contribution in [1.29, 1.82) is 0 Å². The summed E-state index contributed by atoms with van der Waals surface area (Å²) in [4.78, 5) is 11.7. The second-order valence-corrected chi connectivity index (χ2v) is 4.14. The van der Waals surface area contributed by atoms with E-state index in [2.05, 4.69) is 0 Å². The van der Waals surface area contributed by atoms with E-state index < -0.39 is 0 Å². The van der Waals surface area contributed by atoms with Crippen LogP contribution in [0.1, 0.15) is 24.2 Å². The number of carbonyl (C=O) groups excluding carboxylic acids is 1. The van der Waals surface area contributed by atoms with Crippen LogP contribution in [0, 0.1) is 0 Å². The molecule has 0 aliphatic rings. The molecule has 0 saturated carbocycles. The molecule has 0 fully saturated rings.